The number of hydrogen-bond donors (Lipinski definition) is 0. The van der Waals surface area contributed by atoms with Crippen LogP contribution in [0.15, 0.2) is 24.3 Å². The Balaban J connectivity index is 1.56. The summed E-state index contributed by atoms with van der Waals surface area (Å²) in [6.45, 7) is 3.33. The van der Waals surface area contributed by atoms with Crippen LogP contribution in [-0.4, -0.2) is 80.8 Å². The van der Waals surface area contributed by atoms with E-state index in [1.54, 1.807) is 41.2 Å². The lowest BCUT2D eigenvalue weighted by atomic mass is 10.1. The highest BCUT2D eigenvalue weighted by molar-refractivity contribution is 5.94. The monoisotopic (exact) mass is 334 g/mol. The Morgan fingerprint density at radius 2 is 1.88 bits per heavy atom. The van der Waals surface area contributed by atoms with Crippen LogP contribution in [-0.2, 0) is 14.3 Å². The summed E-state index contributed by atoms with van der Waals surface area (Å²) in [7, 11) is 1.57. The number of rotatable bonds is 3. The molecule has 130 valence electrons. The maximum Gasteiger partial charge on any atom is 0.254 e. The zero-order chi connectivity index (χ0) is 16.9. The number of carbonyl (C=O) groups is 2. The van der Waals surface area contributed by atoms with Crippen molar-refractivity contribution in [3.8, 4) is 5.75 Å². The molecule has 2 saturated heterocycles. The predicted octanol–water partition coefficient (Wildman–Crippen LogP) is 0.395. The molecule has 2 amide bonds. The van der Waals surface area contributed by atoms with Crippen molar-refractivity contribution >= 4 is 11.8 Å². The Morgan fingerprint density at radius 3 is 2.54 bits per heavy atom. The normalized spacial score (nSPS) is 21.5. The quantitative estimate of drug-likeness (QED) is 0.800. The molecule has 2 fully saturated rings. The predicted molar refractivity (Wildman–Crippen MR) is 86.0 cm³/mol. The molecule has 2 heterocycles. The van der Waals surface area contributed by atoms with Crippen LogP contribution in [0.1, 0.15) is 10.4 Å². The van der Waals surface area contributed by atoms with Gasteiger partial charge >= 0.3 is 0 Å². The second kappa shape index (κ2) is 7.63. The number of hydrogen-bond acceptors (Lipinski definition) is 5. The lowest BCUT2D eigenvalue weighted by Gasteiger charge is -2.37. The molecule has 24 heavy (non-hydrogen) atoms. The van der Waals surface area contributed by atoms with E-state index in [0.29, 0.717) is 57.3 Å². The average Bonchev–Trinajstić information content (AvgIpc) is 2.67. The van der Waals surface area contributed by atoms with E-state index in [1.165, 1.54) is 0 Å². The van der Waals surface area contributed by atoms with Gasteiger partial charge in [0.25, 0.3) is 11.8 Å². The average molecular weight is 334 g/mol. The van der Waals surface area contributed by atoms with Gasteiger partial charge in [-0.2, -0.15) is 0 Å². The molecule has 1 unspecified atom stereocenters. The number of nitrogens with zero attached hydrogens (tertiary/aromatic N) is 2. The third-order valence-electron chi connectivity index (χ3n) is 4.29. The van der Waals surface area contributed by atoms with Crippen molar-refractivity contribution in [3.05, 3.63) is 29.8 Å². The van der Waals surface area contributed by atoms with Gasteiger partial charge in [0.05, 0.1) is 26.9 Å². The Hall–Kier alpha value is -2.12. The fraction of sp³-hybridized carbons (Fsp3) is 0.529. The van der Waals surface area contributed by atoms with Crippen LogP contribution in [0, 0.1) is 0 Å². The molecule has 1 aromatic rings. The number of carbonyl (C=O) groups excluding carboxylic acids is 2. The minimum absolute atomic E-state index is 0.0433. The second-order valence-electron chi connectivity index (χ2n) is 5.78. The van der Waals surface area contributed by atoms with Crippen molar-refractivity contribution in [2.45, 2.75) is 6.10 Å². The summed E-state index contributed by atoms with van der Waals surface area (Å²) in [5.41, 5.74) is 0.596. The topological polar surface area (TPSA) is 68.3 Å². The van der Waals surface area contributed by atoms with Crippen LogP contribution in [0.5, 0.6) is 5.75 Å². The Kier molecular flexibility index (Phi) is 5.32. The molecule has 7 nitrogen and oxygen atoms in total. The smallest absolute Gasteiger partial charge is 0.254 e. The summed E-state index contributed by atoms with van der Waals surface area (Å²) >= 11 is 0. The lowest BCUT2D eigenvalue weighted by molar-refractivity contribution is -0.159. The third kappa shape index (κ3) is 3.68. The van der Waals surface area contributed by atoms with Crippen LogP contribution in [0.4, 0.5) is 0 Å². The van der Waals surface area contributed by atoms with Crippen molar-refractivity contribution in [3.63, 3.8) is 0 Å². The molecule has 2 aliphatic heterocycles. The van der Waals surface area contributed by atoms with Crippen LogP contribution in [0.25, 0.3) is 0 Å². The van der Waals surface area contributed by atoms with Crippen molar-refractivity contribution in [1.82, 2.24) is 9.80 Å². The van der Waals surface area contributed by atoms with Gasteiger partial charge in [-0.15, -0.1) is 0 Å². The third-order valence-corrected chi connectivity index (χ3v) is 4.29. The van der Waals surface area contributed by atoms with E-state index in [0.717, 1.165) is 0 Å². The van der Waals surface area contributed by atoms with E-state index in [-0.39, 0.29) is 11.8 Å². The van der Waals surface area contributed by atoms with Crippen molar-refractivity contribution < 1.29 is 23.8 Å². The van der Waals surface area contributed by atoms with Crippen molar-refractivity contribution in [2.75, 3.05) is 53.1 Å². The first kappa shape index (κ1) is 16.7. The van der Waals surface area contributed by atoms with E-state index < -0.39 is 6.10 Å². The number of amides is 2. The maximum atomic E-state index is 12.6. The first-order valence-electron chi connectivity index (χ1n) is 8.10. The van der Waals surface area contributed by atoms with Gasteiger partial charge in [0.1, 0.15) is 5.75 Å². The zero-order valence-corrected chi connectivity index (χ0v) is 13.8. The van der Waals surface area contributed by atoms with Crippen LogP contribution >= 0.6 is 0 Å². The van der Waals surface area contributed by atoms with Gasteiger partial charge in [-0.25, -0.2) is 0 Å². The summed E-state index contributed by atoms with van der Waals surface area (Å²) in [5.74, 6) is 0.561. The molecular weight excluding hydrogens is 312 g/mol. The van der Waals surface area contributed by atoms with Gasteiger partial charge in [0, 0.05) is 31.7 Å². The standard InChI is InChI=1S/C17H22N2O5/c1-22-14-4-2-3-13(11-14)16(20)18-5-7-19(8-6-18)17(21)15-12-23-9-10-24-15/h2-4,11,15H,5-10,12H2,1H3. The molecule has 0 spiro atoms. The maximum absolute atomic E-state index is 12.6. The lowest BCUT2D eigenvalue weighted by Crippen LogP contribution is -2.54. The van der Waals surface area contributed by atoms with Crippen molar-refractivity contribution in [1.29, 1.82) is 0 Å². The van der Waals surface area contributed by atoms with E-state index in [2.05, 4.69) is 0 Å². The summed E-state index contributed by atoms with van der Waals surface area (Å²) < 4.78 is 15.9. The SMILES string of the molecule is COc1cccc(C(=O)N2CCN(C(=O)C3COCCO3)CC2)c1. The Morgan fingerprint density at radius 1 is 1.12 bits per heavy atom. The molecule has 0 N–H and O–H groups in total. The fourth-order valence-corrected chi connectivity index (χ4v) is 2.90. The van der Waals surface area contributed by atoms with Crippen LogP contribution in [0.3, 0.4) is 0 Å². The molecule has 0 saturated carbocycles. The fourth-order valence-electron chi connectivity index (χ4n) is 2.90. The van der Waals surface area contributed by atoms with Crippen LogP contribution < -0.4 is 4.74 Å². The Labute approximate surface area is 141 Å². The zero-order valence-electron chi connectivity index (χ0n) is 13.8. The van der Waals surface area contributed by atoms with Gasteiger partial charge in [-0.3, -0.25) is 9.59 Å². The molecule has 1 aromatic carbocycles. The van der Waals surface area contributed by atoms with Gasteiger partial charge in [-0.1, -0.05) is 6.07 Å². The first-order valence-corrected chi connectivity index (χ1v) is 8.10. The van der Waals surface area contributed by atoms with Crippen molar-refractivity contribution in [2.24, 2.45) is 0 Å². The van der Waals surface area contributed by atoms with E-state index in [1.807, 2.05) is 0 Å². The van der Waals surface area contributed by atoms with Gasteiger partial charge in [0.2, 0.25) is 0 Å². The summed E-state index contributed by atoms with van der Waals surface area (Å²) in [5, 5.41) is 0. The van der Waals surface area contributed by atoms with E-state index in [9.17, 15) is 9.59 Å². The minimum atomic E-state index is -0.514. The molecule has 1 atom stereocenters. The molecule has 0 bridgehead atoms. The Bertz CT molecular complexity index is 592. The molecule has 3 rings (SSSR count). The summed E-state index contributed by atoms with van der Waals surface area (Å²) in [6.07, 6.45) is -0.514. The molecule has 0 aliphatic carbocycles. The van der Waals surface area contributed by atoms with E-state index in [4.69, 9.17) is 14.2 Å². The number of ether oxygens (including phenoxy) is 3. The molecule has 0 aromatic heterocycles. The highest BCUT2D eigenvalue weighted by Gasteiger charge is 2.31. The molecule has 7 heteroatoms. The second-order valence-corrected chi connectivity index (χ2v) is 5.78. The highest BCUT2D eigenvalue weighted by atomic mass is 16.6. The molecule has 0 radical (unpaired) electrons. The number of benzene rings is 1. The van der Waals surface area contributed by atoms with E-state index >= 15 is 0 Å². The van der Waals surface area contributed by atoms with Gasteiger partial charge in [-0.05, 0) is 18.2 Å². The largest absolute Gasteiger partial charge is 0.497 e. The summed E-state index contributed by atoms with van der Waals surface area (Å²) in [4.78, 5) is 28.5. The number of methoxy groups -OCH3 is 1. The minimum Gasteiger partial charge on any atom is -0.497 e. The summed E-state index contributed by atoms with van der Waals surface area (Å²) in [6, 6.07) is 7.11. The van der Waals surface area contributed by atoms with Gasteiger partial charge in [0.15, 0.2) is 6.10 Å². The first-order chi connectivity index (χ1) is 11.7. The van der Waals surface area contributed by atoms with Crippen LogP contribution in [0.2, 0.25) is 0 Å². The molecular formula is C17H22N2O5. The molecule has 2 aliphatic rings. The number of piperazine rings is 1. The van der Waals surface area contributed by atoms with Gasteiger partial charge < -0.3 is 24.0 Å². The highest BCUT2D eigenvalue weighted by Crippen LogP contribution is 2.16.